The van der Waals surface area contributed by atoms with Crippen molar-refractivity contribution in [3.05, 3.63) is 40.7 Å². The standard InChI is InChI=1S/C20H19ClFN5O3S2/c1-10-5-12(15-14(29-2)7-24-17(21)16(15)22)13(6-23-10)18(28)25-19-26-27-20(32-19)31-9-11-3-4-30-8-11/h5-7,11H,3-4,8-9H2,1-2H3,(H,25,26,28)/t11-/m0/s1. The van der Waals surface area contributed by atoms with Crippen molar-refractivity contribution < 1.29 is 18.7 Å². The number of hydrogen-bond donors (Lipinski definition) is 1. The van der Waals surface area contributed by atoms with Crippen molar-refractivity contribution in [2.75, 3.05) is 31.4 Å². The number of aromatic nitrogens is 4. The van der Waals surface area contributed by atoms with Crippen LogP contribution in [0.3, 0.4) is 0 Å². The lowest BCUT2D eigenvalue weighted by atomic mass is 10.00. The number of amides is 1. The van der Waals surface area contributed by atoms with Crippen LogP contribution in [0.25, 0.3) is 11.1 Å². The van der Waals surface area contributed by atoms with E-state index in [9.17, 15) is 9.18 Å². The van der Waals surface area contributed by atoms with Crippen LogP contribution in [0.5, 0.6) is 5.75 Å². The Bertz CT molecular complexity index is 1140. The van der Waals surface area contributed by atoms with E-state index in [2.05, 4.69) is 25.5 Å². The van der Waals surface area contributed by atoms with Crippen LogP contribution < -0.4 is 10.1 Å². The lowest BCUT2D eigenvalue weighted by Gasteiger charge is -2.14. The summed E-state index contributed by atoms with van der Waals surface area (Å²) in [5.74, 6) is 0.253. The zero-order valence-electron chi connectivity index (χ0n) is 17.2. The first-order chi connectivity index (χ1) is 15.5. The van der Waals surface area contributed by atoms with Gasteiger partial charge in [-0.3, -0.25) is 15.1 Å². The van der Waals surface area contributed by atoms with E-state index in [-0.39, 0.29) is 27.6 Å². The summed E-state index contributed by atoms with van der Waals surface area (Å²) in [5, 5.41) is 10.9. The SMILES string of the molecule is COc1cnc(Cl)c(F)c1-c1cc(C)ncc1C(=O)Nc1nnc(SC[C@H]2CCOC2)s1. The molecular weight excluding hydrogens is 477 g/mol. The number of ether oxygens (including phenoxy) is 2. The number of hydrogen-bond acceptors (Lipinski definition) is 9. The summed E-state index contributed by atoms with van der Waals surface area (Å²) in [5.41, 5.74) is 1.06. The van der Waals surface area contributed by atoms with Crippen molar-refractivity contribution in [2.24, 2.45) is 5.92 Å². The fourth-order valence-corrected chi connectivity index (χ4v) is 5.22. The molecule has 1 aliphatic heterocycles. The summed E-state index contributed by atoms with van der Waals surface area (Å²) in [6, 6.07) is 1.59. The maximum absolute atomic E-state index is 14.9. The average molecular weight is 496 g/mol. The Morgan fingerprint density at radius 2 is 2.25 bits per heavy atom. The zero-order chi connectivity index (χ0) is 22.7. The second kappa shape index (κ2) is 10.1. The van der Waals surface area contributed by atoms with Gasteiger partial charge in [0.05, 0.1) is 31.0 Å². The number of aryl methyl sites for hydroxylation is 1. The molecule has 8 nitrogen and oxygen atoms in total. The molecule has 4 heterocycles. The van der Waals surface area contributed by atoms with E-state index < -0.39 is 11.7 Å². The van der Waals surface area contributed by atoms with Gasteiger partial charge in [-0.1, -0.05) is 34.7 Å². The highest BCUT2D eigenvalue weighted by Crippen LogP contribution is 2.37. The summed E-state index contributed by atoms with van der Waals surface area (Å²) in [4.78, 5) is 21.0. The molecule has 4 rings (SSSR count). The molecule has 1 atom stereocenters. The topological polar surface area (TPSA) is 99.1 Å². The molecular formula is C20H19ClFN5O3S2. The van der Waals surface area contributed by atoms with Gasteiger partial charge in [0.25, 0.3) is 5.91 Å². The van der Waals surface area contributed by atoms with Gasteiger partial charge < -0.3 is 9.47 Å². The third-order valence-corrected chi connectivity index (χ3v) is 7.28. The van der Waals surface area contributed by atoms with Crippen LogP contribution >= 0.6 is 34.7 Å². The second-order valence-electron chi connectivity index (χ2n) is 7.05. The van der Waals surface area contributed by atoms with Crippen molar-refractivity contribution in [2.45, 2.75) is 17.7 Å². The number of carbonyl (C=O) groups excluding carboxylic acids is 1. The minimum atomic E-state index is -0.781. The molecule has 1 aliphatic rings. The molecule has 1 saturated heterocycles. The molecule has 0 bridgehead atoms. The Hall–Kier alpha value is -2.34. The number of nitrogens with one attached hydrogen (secondary N) is 1. The van der Waals surface area contributed by atoms with Crippen LogP contribution in [0.4, 0.5) is 9.52 Å². The lowest BCUT2D eigenvalue weighted by molar-refractivity contribution is 0.102. The van der Waals surface area contributed by atoms with Gasteiger partial charge in [0.2, 0.25) is 5.13 Å². The van der Waals surface area contributed by atoms with Crippen molar-refractivity contribution in [1.29, 1.82) is 0 Å². The monoisotopic (exact) mass is 495 g/mol. The van der Waals surface area contributed by atoms with Crippen molar-refractivity contribution >= 4 is 45.7 Å². The number of halogens is 2. The highest BCUT2D eigenvalue weighted by atomic mass is 35.5. The van der Waals surface area contributed by atoms with Gasteiger partial charge in [0.15, 0.2) is 15.3 Å². The van der Waals surface area contributed by atoms with Crippen LogP contribution in [-0.4, -0.2) is 52.1 Å². The molecule has 32 heavy (non-hydrogen) atoms. The Labute approximate surface area is 196 Å². The molecule has 0 spiro atoms. The summed E-state index contributed by atoms with van der Waals surface area (Å²) in [7, 11) is 1.39. The van der Waals surface area contributed by atoms with Crippen molar-refractivity contribution in [3.63, 3.8) is 0 Å². The first-order valence-corrected chi connectivity index (χ1v) is 11.8. The fraction of sp³-hybridized carbons (Fsp3) is 0.350. The Morgan fingerprint density at radius 1 is 1.41 bits per heavy atom. The van der Waals surface area contributed by atoms with Crippen molar-refractivity contribution in [1.82, 2.24) is 20.2 Å². The molecule has 168 valence electrons. The predicted octanol–water partition coefficient (Wildman–Crippen LogP) is 4.49. The zero-order valence-corrected chi connectivity index (χ0v) is 19.6. The van der Waals surface area contributed by atoms with Gasteiger partial charge in [0.1, 0.15) is 5.75 Å². The van der Waals surface area contributed by atoms with E-state index in [4.69, 9.17) is 21.1 Å². The summed E-state index contributed by atoms with van der Waals surface area (Å²) in [6.07, 6.45) is 3.73. The van der Waals surface area contributed by atoms with Crippen LogP contribution in [0.15, 0.2) is 22.8 Å². The number of carbonyl (C=O) groups is 1. The molecule has 0 radical (unpaired) electrons. The largest absolute Gasteiger partial charge is 0.494 e. The molecule has 0 saturated carbocycles. The normalized spacial score (nSPS) is 15.7. The van der Waals surface area contributed by atoms with E-state index in [0.29, 0.717) is 16.7 Å². The number of methoxy groups -OCH3 is 1. The molecule has 3 aromatic rings. The van der Waals surface area contributed by atoms with E-state index in [1.807, 2.05) is 0 Å². The smallest absolute Gasteiger partial charge is 0.259 e. The van der Waals surface area contributed by atoms with E-state index in [0.717, 1.165) is 29.7 Å². The second-order valence-corrected chi connectivity index (χ2v) is 9.65. The maximum atomic E-state index is 14.9. The van der Waals surface area contributed by atoms with Crippen molar-refractivity contribution in [3.8, 4) is 16.9 Å². The molecule has 0 unspecified atom stereocenters. The fourth-order valence-electron chi connectivity index (χ4n) is 3.19. The van der Waals surface area contributed by atoms with Gasteiger partial charge in [-0.2, -0.15) is 0 Å². The van der Waals surface area contributed by atoms with Gasteiger partial charge >= 0.3 is 0 Å². The minimum Gasteiger partial charge on any atom is -0.494 e. The van der Waals surface area contributed by atoms with Crippen LogP contribution in [-0.2, 0) is 4.74 Å². The highest BCUT2D eigenvalue weighted by molar-refractivity contribution is 8.01. The number of anilines is 1. The molecule has 1 amide bonds. The van der Waals surface area contributed by atoms with E-state index >= 15 is 0 Å². The van der Waals surface area contributed by atoms with Crippen LogP contribution in [0.1, 0.15) is 22.5 Å². The van der Waals surface area contributed by atoms with E-state index in [1.54, 1.807) is 24.8 Å². The first-order valence-electron chi connectivity index (χ1n) is 9.66. The maximum Gasteiger partial charge on any atom is 0.259 e. The Kier molecular flexibility index (Phi) is 7.19. The summed E-state index contributed by atoms with van der Waals surface area (Å²) >= 11 is 8.75. The van der Waals surface area contributed by atoms with Gasteiger partial charge in [-0.15, -0.1) is 10.2 Å². The van der Waals surface area contributed by atoms with Crippen LogP contribution in [0.2, 0.25) is 5.15 Å². The minimum absolute atomic E-state index is 0.0374. The van der Waals surface area contributed by atoms with E-state index in [1.165, 1.54) is 30.8 Å². The number of rotatable bonds is 7. The van der Waals surface area contributed by atoms with Crippen LogP contribution in [0, 0.1) is 18.7 Å². The summed E-state index contributed by atoms with van der Waals surface area (Å²) < 4.78 is 26.3. The molecule has 0 aliphatic carbocycles. The third kappa shape index (κ3) is 5.01. The predicted molar refractivity (Wildman–Crippen MR) is 121 cm³/mol. The quantitative estimate of drug-likeness (QED) is 0.291. The molecule has 1 fully saturated rings. The third-order valence-electron chi connectivity index (χ3n) is 4.81. The number of nitrogens with zero attached hydrogens (tertiary/aromatic N) is 4. The average Bonchev–Trinajstić information content (AvgIpc) is 3.46. The highest BCUT2D eigenvalue weighted by Gasteiger charge is 2.24. The molecule has 12 heteroatoms. The first kappa shape index (κ1) is 22.8. The lowest BCUT2D eigenvalue weighted by Crippen LogP contribution is -2.14. The van der Waals surface area contributed by atoms with Gasteiger partial charge in [0, 0.05) is 29.8 Å². The number of thioether (sulfide) groups is 1. The van der Waals surface area contributed by atoms with Gasteiger partial charge in [-0.05, 0) is 25.3 Å². The summed E-state index contributed by atoms with van der Waals surface area (Å²) in [6.45, 7) is 3.29. The molecule has 3 aromatic heterocycles. The Morgan fingerprint density at radius 3 is 3.00 bits per heavy atom. The molecule has 0 aromatic carbocycles. The Balaban J connectivity index is 1.57. The molecule has 1 N–H and O–H groups in total. The van der Waals surface area contributed by atoms with Gasteiger partial charge in [-0.25, -0.2) is 9.37 Å². The number of pyridine rings is 2.